The smallest absolute Gasteiger partial charge is 0.338 e. The zero-order valence-corrected chi connectivity index (χ0v) is 19.9. The molecule has 3 aromatic rings. The molecule has 1 aromatic heterocycles. The molecule has 0 fully saturated rings. The predicted octanol–water partition coefficient (Wildman–Crippen LogP) is 5.67. The highest BCUT2D eigenvalue weighted by atomic mass is 35.5. The Morgan fingerprint density at radius 3 is 2.49 bits per heavy atom. The SMILES string of the molecule is CC1=NN(c2ccc(Cl)c(C(=O)O)c2)C(=O)C1=Cc1ccc(-c2ccc(C(=O)OC(C)C)cc2)o1. The number of carboxylic acids is 1. The lowest BCUT2D eigenvalue weighted by Crippen LogP contribution is -2.21. The Kier molecular flexibility index (Phi) is 6.57. The van der Waals surface area contributed by atoms with Gasteiger partial charge in [-0.3, -0.25) is 4.79 Å². The minimum Gasteiger partial charge on any atom is -0.478 e. The van der Waals surface area contributed by atoms with Gasteiger partial charge in [0, 0.05) is 5.56 Å². The number of esters is 1. The van der Waals surface area contributed by atoms with Crippen LogP contribution in [0.15, 0.2) is 69.7 Å². The molecule has 2 aromatic carbocycles. The number of hydrogen-bond donors (Lipinski definition) is 1. The summed E-state index contributed by atoms with van der Waals surface area (Å²) in [5.74, 6) is -1.03. The van der Waals surface area contributed by atoms with Crippen molar-refractivity contribution < 1.29 is 28.6 Å². The molecule has 0 aliphatic carbocycles. The van der Waals surface area contributed by atoms with E-state index in [4.69, 9.17) is 20.8 Å². The number of ether oxygens (including phenoxy) is 1. The highest BCUT2D eigenvalue weighted by Crippen LogP contribution is 2.30. The van der Waals surface area contributed by atoms with Crippen LogP contribution in [0.25, 0.3) is 17.4 Å². The van der Waals surface area contributed by atoms with E-state index in [1.165, 1.54) is 18.2 Å². The van der Waals surface area contributed by atoms with Crippen LogP contribution in [-0.4, -0.2) is 34.8 Å². The summed E-state index contributed by atoms with van der Waals surface area (Å²) in [5.41, 5.74) is 2.12. The third-order valence-corrected chi connectivity index (χ3v) is 5.48. The molecule has 0 saturated heterocycles. The van der Waals surface area contributed by atoms with Crippen LogP contribution in [0.4, 0.5) is 5.69 Å². The van der Waals surface area contributed by atoms with Gasteiger partial charge >= 0.3 is 11.9 Å². The number of rotatable bonds is 6. The van der Waals surface area contributed by atoms with Crippen LogP contribution in [0, 0.1) is 0 Å². The summed E-state index contributed by atoms with van der Waals surface area (Å²) in [6, 6.07) is 14.5. The summed E-state index contributed by atoms with van der Waals surface area (Å²) in [6.45, 7) is 5.25. The van der Waals surface area contributed by atoms with Gasteiger partial charge in [0.1, 0.15) is 11.5 Å². The third-order valence-electron chi connectivity index (χ3n) is 5.15. The number of benzene rings is 2. The Bertz CT molecular complexity index is 1390. The number of furan rings is 1. The Balaban J connectivity index is 1.55. The molecule has 0 atom stereocenters. The van der Waals surface area contributed by atoms with Gasteiger partial charge in [-0.2, -0.15) is 10.1 Å². The van der Waals surface area contributed by atoms with Gasteiger partial charge < -0.3 is 14.3 Å². The Labute approximate surface area is 206 Å². The number of nitrogens with zero attached hydrogens (tertiary/aromatic N) is 2. The summed E-state index contributed by atoms with van der Waals surface area (Å²) in [6.07, 6.45) is 1.37. The van der Waals surface area contributed by atoms with Crippen LogP contribution in [0.3, 0.4) is 0 Å². The summed E-state index contributed by atoms with van der Waals surface area (Å²) >= 11 is 5.93. The molecular weight excluding hydrogens is 472 g/mol. The fourth-order valence-corrected chi connectivity index (χ4v) is 3.65. The molecule has 0 saturated carbocycles. The molecule has 1 N–H and O–H groups in total. The monoisotopic (exact) mass is 492 g/mol. The van der Waals surface area contributed by atoms with E-state index in [2.05, 4.69) is 5.10 Å². The molecular formula is C26H21ClN2O6. The van der Waals surface area contributed by atoms with Crippen LogP contribution < -0.4 is 5.01 Å². The van der Waals surface area contributed by atoms with Crippen molar-refractivity contribution in [1.82, 2.24) is 0 Å². The summed E-state index contributed by atoms with van der Waals surface area (Å²) in [7, 11) is 0. The van der Waals surface area contributed by atoms with Gasteiger partial charge in [-0.25, -0.2) is 9.59 Å². The number of carbonyl (C=O) groups is 3. The van der Waals surface area contributed by atoms with Crippen molar-refractivity contribution in [2.24, 2.45) is 5.10 Å². The first-order chi connectivity index (χ1) is 16.6. The van der Waals surface area contributed by atoms with E-state index >= 15 is 0 Å². The standard InChI is InChI=1S/C26H21ClN2O6/c1-14(2)34-26(33)17-6-4-16(5-7-17)23-11-9-19(35-23)13-20-15(3)28-29(24(20)30)18-8-10-22(27)21(12-18)25(31)32/h4-14H,1-3H3,(H,31,32). The van der Waals surface area contributed by atoms with E-state index in [0.29, 0.717) is 28.4 Å². The largest absolute Gasteiger partial charge is 0.478 e. The van der Waals surface area contributed by atoms with E-state index in [0.717, 1.165) is 10.6 Å². The van der Waals surface area contributed by atoms with E-state index in [1.54, 1.807) is 63.2 Å². The van der Waals surface area contributed by atoms with Gasteiger partial charge in [0.25, 0.3) is 5.91 Å². The first-order valence-corrected chi connectivity index (χ1v) is 11.1. The van der Waals surface area contributed by atoms with Gasteiger partial charge in [-0.1, -0.05) is 23.7 Å². The lowest BCUT2D eigenvalue weighted by Gasteiger charge is -2.12. The summed E-state index contributed by atoms with van der Waals surface area (Å²) in [4.78, 5) is 36.4. The van der Waals surface area contributed by atoms with E-state index < -0.39 is 17.8 Å². The molecule has 35 heavy (non-hydrogen) atoms. The first kappa shape index (κ1) is 24.0. The Hall–Kier alpha value is -4.17. The number of aromatic carboxylic acids is 1. The van der Waals surface area contributed by atoms with Crippen molar-refractivity contribution in [1.29, 1.82) is 0 Å². The maximum Gasteiger partial charge on any atom is 0.338 e. The molecule has 1 aliphatic rings. The second kappa shape index (κ2) is 9.60. The highest BCUT2D eigenvalue weighted by molar-refractivity contribution is 6.34. The molecule has 1 amide bonds. The first-order valence-electron chi connectivity index (χ1n) is 10.7. The maximum atomic E-state index is 13.0. The van der Waals surface area contributed by atoms with E-state index in [-0.39, 0.29) is 22.4 Å². The maximum absolute atomic E-state index is 13.0. The molecule has 4 rings (SSSR count). The third kappa shape index (κ3) is 5.02. The zero-order chi connectivity index (χ0) is 25.3. The van der Waals surface area contributed by atoms with Gasteiger partial charge in [0.2, 0.25) is 0 Å². The van der Waals surface area contributed by atoms with Gasteiger partial charge in [-0.05, 0) is 69.3 Å². The van der Waals surface area contributed by atoms with Gasteiger partial charge in [0.15, 0.2) is 0 Å². The second-order valence-electron chi connectivity index (χ2n) is 8.06. The number of anilines is 1. The molecule has 2 heterocycles. The number of halogens is 1. The van der Waals surface area contributed by atoms with Crippen LogP contribution in [0.1, 0.15) is 47.2 Å². The van der Waals surface area contributed by atoms with E-state index in [9.17, 15) is 19.5 Å². The number of hydrogen-bond acceptors (Lipinski definition) is 6. The van der Waals surface area contributed by atoms with Crippen molar-refractivity contribution in [2.75, 3.05) is 5.01 Å². The molecule has 8 nitrogen and oxygen atoms in total. The molecule has 0 spiro atoms. The molecule has 9 heteroatoms. The molecule has 0 bridgehead atoms. The van der Waals surface area contributed by atoms with Crippen LogP contribution >= 0.6 is 11.6 Å². The van der Waals surface area contributed by atoms with Crippen LogP contribution in [0.2, 0.25) is 5.02 Å². The number of amides is 1. The Morgan fingerprint density at radius 2 is 1.83 bits per heavy atom. The number of carboxylic acid groups (broad SMARTS) is 1. The predicted molar refractivity (Wildman–Crippen MR) is 132 cm³/mol. The van der Waals surface area contributed by atoms with Gasteiger partial charge in [0.05, 0.1) is 39.2 Å². The average molecular weight is 493 g/mol. The fourth-order valence-electron chi connectivity index (χ4n) is 3.45. The molecule has 0 radical (unpaired) electrons. The summed E-state index contributed by atoms with van der Waals surface area (Å²) in [5, 5.41) is 14.8. The highest BCUT2D eigenvalue weighted by Gasteiger charge is 2.30. The van der Waals surface area contributed by atoms with Crippen molar-refractivity contribution >= 4 is 46.9 Å². The fraction of sp³-hybridized carbons (Fsp3) is 0.154. The Morgan fingerprint density at radius 1 is 1.11 bits per heavy atom. The van der Waals surface area contributed by atoms with Crippen molar-refractivity contribution in [3.63, 3.8) is 0 Å². The normalized spacial score (nSPS) is 14.5. The number of carbonyl (C=O) groups excluding carboxylic acids is 2. The van der Waals surface area contributed by atoms with Crippen LogP contribution in [0.5, 0.6) is 0 Å². The molecule has 178 valence electrons. The lowest BCUT2D eigenvalue weighted by atomic mass is 10.1. The van der Waals surface area contributed by atoms with Crippen molar-refractivity contribution in [3.05, 3.63) is 82.1 Å². The topological polar surface area (TPSA) is 109 Å². The van der Waals surface area contributed by atoms with Gasteiger partial charge in [-0.15, -0.1) is 0 Å². The van der Waals surface area contributed by atoms with Crippen molar-refractivity contribution in [3.8, 4) is 11.3 Å². The lowest BCUT2D eigenvalue weighted by molar-refractivity contribution is -0.114. The average Bonchev–Trinajstić information content (AvgIpc) is 3.39. The van der Waals surface area contributed by atoms with Crippen LogP contribution in [-0.2, 0) is 9.53 Å². The quantitative estimate of drug-likeness (QED) is 0.350. The molecule has 0 unspecified atom stereocenters. The minimum atomic E-state index is -1.20. The number of hydrazone groups is 1. The van der Waals surface area contributed by atoms with Crippen molar-refractivity contribution in [2.45, 2.75) is 26.9 Å². The zero-order valence-electron chi connectivity index (χ0n) is 19.1. The molecule has 1 aliphatic heterocycles. The second-order valence-corrected chi connectivity index (χ2v) is 8.47. The minimum absolute atomic E-state index is 0.0670. The summed E-state index contributed by atoms with van der Waals surface area (Å²) < 4.78 is 11.1. The van der Waals surface area contributed by atoms with E-state index in [1.807, 2.05) is 0 Å².